The van der Waals surface area contributed by atoms with Crippen LogP contribution in [0.5, 0.6) is 0 Å². The van der Waals surface area contributed by atoms with Crippen LogP contribution in [-0.4, -0.2) is 17.7 Å². The summed E-state index contributed by atoms with van der Waals surface area (Å²) in [6.45, 7) is 1.42. The molecule has 5 heteroatoms. The number of rotatable bonds is 2. The van der Waals surface area contributed by atoms with E-state index >= 15 is 0 Å². The van der Waals surface area contributed by atoms with Gasteiger partial charge in [0.2, 0.25) is 17.7 Å². The highest BCUT2D eigenvalue weighted by molar-refractivity contribution is 6.23. The van der Waals surface area contributed by atoms with Crippen molar-refractivity contribution in [3.63, 3.8) is 0 Å². The van der Waals surface area contributed by atoms with Crippen molar-refractivity contribution in [2.75, 3.05) is 10.2 Å². The van der Waals surface area contributed by atoms with Gasteiger partial charge in [-0.25, -0.2) is 4.90 Å². The number of amides is 3. The molecule has 2 fully saturated rings. The third-order valence-corrected chi connectivity index (χ3v) is 4.90. The van der Waals surface area contributed by atoms with Gasteiger partial charge in [-0.2, -0.15) is 0 Å². The lowest BCUT2D eigenvalue weighted by molar-refractivity contribution is -0.123. The molecule has 1 saturated carbocycles. The van der Waals surface area contributed by atoms with Crippen LogP contribution in [0.1, 0.15) is 13.3 Å². The van der Waals surface area contributed by atoms with Gasteiger partial charge in [-0.1, -0.05) is 18.2 Å². The Labute approximate surface area is 128 Å². The van der Waals surface area contributed by atoms with Gasteiger partial charge in [0.15, 0.2) is 0 Å². The average Bonchev–Trinajstić information content (AvgIpc) is 3.12. The molecular formula is C17H16N2O3. The van der Waals surface area contributed by atoms with Crippen LogP contribution >= 0.6 is 0 Å². The van der Waals surface area contributed by atoms with Crippen LogP contribution in [0.4, 0.5) is 11.4 Å². The fourth-order valence-electron chi connectivity index (χ4n) is 4.08. The second-order valence-electron chi connectivity index (χ2n) is 6.24. The standard InChI is InChI=1S/C17H16N2O3/c1-9(20)18-12-3-2-4-13(8-12)19-16(21)14-10-5-6-11(7-10)15(14)17(19)22/h2-6,8,10-11,14-15H,7H2,1H3,(H,18,20)/t10-,11+,14-,15-/m0/s1. The van der Waals surface area contributed by atoms with Crippen molar-refractivity contribution < 1.29 is 14.4 Å². The van der Waals surface area contributed by atoms with E-state index in [1.165, 1.54) is 11.8 Å². The molecule has 0 radical (unpaired) electrons. The van der Waals surface area contributed by atoms with Crippen LogP contribution in [0, 0.1) is 23.7 Å². The first-order chi connectivity index (χ1) is 10.6. The number of carbonyl (C=O) groups is 3. The Balaban J connectivity index is 1.68. The number of fused-ring (bicyclic) bond motifs is 5. The molecule has 2 aliphatic carbocycles. The monoisotopic (exact) mass is 296 g/mol. The van der Waals surface area contributed by atoms with Crippen LogP contribution in [-0.2, 0) is 14.4 Å². The predicted octanol–water partition coefficient (Wildman–Crippen LogP) is 1.96. The van der Waals surface area contributed by atoms with Crippen molar-refractivity contribution in [3.05, 3.63) is 36.4 Å². The Hall–Kier alpha value is -2.43. The molecule has 22 heavy (non-hydrogen) atoms. The number of benzene rings is 1. The zero-order valence-corrected chi connectivity index (χ0v) is 12.2. The van der Waals surface area contributed by atoms with E-state index in [1.54, 1.807) is 24.3 Å². The Morgan fingerprint density at radius 2 is 1.77 bits per heavy atom. The summed E-state index contributed by atoms with van der Waals surface area (Å²) in [6, 6.07) is 6.88. The molecule has 5 nitrogen and oxygen atoms in total. The molecule has 1 aromatic carbocycles. The quantitative estimate of drug-likeness (QED) is 0.670. The molecule has 1 saturated heterocycles. The van der Waals surface area contributed by atoms with Gasteiger partial charge in [-0.3, -0.25) is 14.4 Å². The average molecular weight is 296 g/mol. The van der Waals surface area contributed by atoms with E-state index in [0.717, 1.165) is 6.42 Å². The van der Waals surface area contributed by atoms with Crippen molar-refractivity contribution in [2.24, 2.45) is 23.7 Å². The molecule has 112 valence electrons. The predicted molar refractivity (Wildman–Crippen MR) is 81.0 cm³/mol. The molecule has 4 rings (SSSR count). The molecule has 0 spiro atoms. The normalized spacial score (nSPS) is 31.8. The van der Waals surface area contributed by atoms with Crippen LogP contribution < -0.4 is 10.2 Å². The fraction of sp³-hybridized carbons (Fsp3) is 0.353. The minimum absolute atomic E-state index is 0.105. The molecule has 0 unspecified atom stereocenters. The highest BCUT2D eigenvalue weighted by atomic mass is 16.2. The number of allylic oxidation sites excluding steroid dienone is 2. The number of nitrogens with zero attached hydrogens (tertiary/aromatic N) is 1. The van der Waals surface area contributed by atoms with E-state index in [4.69, 9.17) is 0 Å². The molecule has 1 aliphatic heterocycles. The Bertz CT molecular complexity index is 694. The maximum atomic E-state index is 12.7. The maximum Gasteiger partial charge on any atom is 0.238 e. The Morgan fingerprint density at radius 1 is 1.14 bits per heavy atom. The number of nitrogens with one attached hydrogen (secondary N) is 1. The number of hydrogen-bond donors (Lipinski definition) is 1. The van der Waals surface area contributed by atoms with Gasteiger partial charge in [0.25, 0.3) is 0 Å². The summed E-state index contributed by atoms with van der Waals surface area (Å²) in [7, 11) is 0. The number of carbonyl (C=O) groups excluding carboxylic acids is 3. The van der Waals surface area contributed by atoms with Crippen molar-refractivity contribution in [1.82, 2.24) is 0 Å². The smallest absolute Gasteiger partial charge is 0.238 e. The van der Waals surface area contributed by atoms with E-state index < -0.39 is 0 Å². The van der Waals surface area contributed by atoms with Crippen LogP contribution in [0.3, 0.4) is 0 Å². The lowest BCUT2D eigenvalue weighted by Crippen LogP contribution is -2.32. The number of anilines is 2. The van der Waals surface area contributed by atoms with Gasteiger partial charge < -0.3 is 5.32 Å². The van der Waals surface area contributed by atoms with Crippen molar-refractivity contribution in [1.29, 1.82) is 0 Å². The van der Waals surface area contributed by atoms with Crippen LogP contribution in [0.25, 0.3) is 0 Å². The molecule has 1 heterocycles. The molecule has 0 aromatic heterocycles. The zero-order chi connectivity index (χ0) is 15.4. The van der Waals surface area contributed by atoms with E-state index in [-0.39, 0.29) is 41.4 Å². The summed E-state index contributed by atoms with van der Waals surface area (Å²) in [6.07, 6.45) is 5.08. The van der Waals surface area contributed by atoms with Gasteiger partial charge >= 0.3 is 0 Å². The number of imide groups is 1. The highest BCUT2D eigenvalue weighted by Gasteiger charge is 2.59. The summed E-state index contributed by atoms with van der Waals surface area (Å²) >= 11 is 0. The zero-order valence-electron chi connectivity index (χ0n) is 12.2. The lowest BCUT2D eigenvalue weighted by Gasteiger charge is -2.18. The van der Waals surface area contributed by atoms with Gasteiger partial charge in [-0.15, -0.1) is 0 Å². The lowest BCUT2D eigenvalue weighted by atomic mass is 9.85. The van der Waals surface area contributed by atoms with Gasteiger partial charge in [0.05, 0.1) is 17.5 Å². The van der Waals surface area contributed by atoms with Crippen molar-refractivity contribution in [3.8, 4) is 0 Å². The largest absolute Gasteiger partial charge is 0.326 e. The first kappa shape index (κ1) is 13.2. The van der Waals surface area contributed by atoms with E-state index in [9.17, 15) is 14.4 Å². The second-order valence-corrected chi connectivity index (χ2v) is 6.24. The van der Waals surface area contributed by atoms with Gasteiger partial charge in [0, 0.05) is 12.6 Å². The molecule has 3 aliphatic rings. The Kier molecular flexibility index (Phi) is 2.73. The third kappa shape index (κ3) is 1.75. The van der Waals surface area contributed by atoms with E-state index in [0.29, 0.717) is 11.4 Å². The maximum absolute atomic E-state index is 12.7. The summed E-state index contributed by atoms with van der Waals surface area (Å²) in [5, 5.41) is 2.68. The topological polar surface area (TPSA) is 66.5 Å². The summed E-state index contributed by atoms with van der Waals surface area (Å²) < 4.78 is 0. The second kappa shape index (κ2) is 4.53. The Morgan fingerprint density at radius 3 is 2.36 bits per heavy atom. The summed E-state index contributed by atoms with van der Waals surface area (Å²) in [5.74, 6) is -0.391. The minimum atomic E-state index is -0.202. The molecule has 2 bridgehead atoms. The molecule has 4 atom stereocenters. The van der Waals surface area contributed by atoms with Crippen LogP contribution in [0.2, 0.25) is 0 Å². The fourth-order valence-corrected chi connectivity index (χ4v) is 4.08. The first-order valence-electron chi connectivity index (χ1n) is 7.50. The highest BCUT2D eigenvalue weighted by Crippen LogP contribution is 2.53. The van der Waals surface area contributed by atoms with Crippen molar-refractivity contribution >= 4 is 29.1 Å². The molecule has 1 N–H and O–H groups in total. The SMILES string of the molecule is CC(=O)Nc1cccc(N2C(=O)[C@@H]3[C@@H](C2=O)[C@H]2C=C[C@@H]3C2)c1. The first-order valence-corrected chi connectivity index (χ1v) is 7.50. The minimum Gasteiger partial charge on any atom is -0.326 e. The molecule has 3 amide bonds. The van der Waals surface area contributed by atoms with E-state index in [1.807, 2.05) is 0 Å². The number of hydrogen-bond acceptors (Lipinski definition) is 3. The summed E-state index contributed by atoms with van der Waals surface area (Å²) in [4.78, 5) is 37.9. The summed E-state index contributed by atoms with van der Waals surface area (Å²) in [5.41, 5.74) is 1.12. The van der Waals surface area contributed by atoms with Crippen LogP contribution in [0.15, 0.2) is 36.4 Å². The van der Waals surface area contributed by atoms with Gasteiger partial charge in [0.1, 0.15) is 0 Å². The molecule has 1 aromatic rings. The third-order valence-electron chi connectivity index (χ3n) is 4.90. The molecular weight excluding hydrogens is 280 g/mol. The van der Waals surface area contributed by atoms with E-state index in [2.05, 4.69) is 17.5 Å². The van der Waals surface area contributed by atoms with Gasteiger partial charge in [-0.05, 0) is 36.5 Å². The van der Waals surface area contributed by atoms with Crippen molar-refractivity contribution in [2.45, 2.75) is 13.3 Å².